The zero-order valence-electron chi connectivity index (χ0n) is 18.1. The Bertz CT molecular complexity index is 1320. The van der Waals surface area contributed by atoms with E-state index in [9.17, 15) is 13.2 Å². The van der Waals surface area contributed by atoms with Gasteiger partial charge in [-0.25, -0.2) is 13.1 Å². The minimum Gasteiger partial charge on any atom is -0.312 e. The van der Waals surface area contributed by atoms with Crippen LogP contribution in [0.3, 0.4) is 0 Å². The van der Waals surface area contributed by atoms with Crippen LogP contribution in [0.4, 0.5) is 11.4 Å². The minimum absolute atomic E-state index is 0.0228. The van der Waals surface area contributed by atoms with E-state index in [0.717, 1.165) is 16.9 Å². The van der Waals surface area contributed by atoms with Crippen LogP contribution in [0.25, 0.3) is 5.69 Å². The number of hydrogen-bond donors (Lipinski definition) is 1. The average molecular weight is 461 g/mol. The van der Waals surface area contributed by atoms with Gasteiger partial charge in [-0.15, -0.1) is 0 Å². The summed E-state index contributed by atoms with van der Waals surface area (Å²) in [7, 11) is -3.80. The second-order valence-electron chi connectivity index (χ2n) is 7.41. The standard InChI is InChI=1S/C25H24N4O3S/c1-2-28(22-9-5-3-6-10-22)25(30)17-20-13-15-21(16-14-20)27-33(31,32)24-18-26-29(19-24)23-11-7-4-8-12-23/h3-16,18-19,27H,2,17H2,1H3. The molecule has 168 valence electrons. The zero-order valence-corrected chi connectivity index (χ0v) is 18.9. The molecule has 0 radical (unpaired) electrons. The summed E-state index contributed by atoms with van der Waals surface area (Å²) >= 11 is 0. The van der Waals surface area contributed by atoms with Crippen LogP contribution in [0, 0.1) is 0 Å². The molecule has 0 aliphatic carbocycles. The van der Waals surface area contributed by atoms with Crippen molar-refractivity contribution < 1.29 is 13.2 Å². The molecular formula is C25H24N4O3S. The van der Waals surface area contributed by atoms with E-state index in [0.29, 0.717) is 12.2 Å². The van der Waals surface area contributed by atoms with E-state index in [2.05, 4.69) is 9.82 Å². The third-order valence-electron chi connectivity index (χ3n) is 5.14. The van der Waals surface area contributed by atoms with Crippen LogP contribution in [0.5, 0.6) is 0 Å². The Balaban J connectivity index is 1.43. The molecule has 4 aromatic rings. The smallest absolute Gasteiger partial charge is 0.265 e. The van der Waals surface area contributed by atoms with Crippen LogP contribution < -0.4 is 9.62 Å². The SMILES string of the molecule is CCN(C(=O)Cc1ccc(NS(=O)(=O)c2cnn(-c3ccccc3)c2)cc1)c1ccccc1. The molecule has 1 heterocycles. The number of anilines is 2. The molecule has 0 saturated carbocycles. The molecule has 33 heavy (non-hydrogen) atoms. The molecule has 0 aliphatic heterocycles. The molecule has 4 rings (SSSR count). The summed E-state index contributed by atoms with van der Waals surface area (Å²) in [4.78, 5) is 14.6. The lowest BCUT2D eigenvalue weighted by molar-refractivity contribution is -0.117. The predicted molar refractivity (Wildman–Crippen MR) is 129 cm³/mol. The van der Waals surface area contributed by atoms with Crippen molar-refractivity contribution >= 4 is 27.3 Å². The lowest BCUT2D eigenvalue weighted by Gasteiger charge is -2.21. The Morgan fingerprint density at radius 3 is 2.21 bits per heavy atom. The number of amides is 1. The third-order valence-corrected chi connectivity index (χ3v) is 6.47. The van der Waals surface area contributed by atoms with Crippen LogP contribution in [0.1, 0.15) is 12.5 Å². The normalized spacial score (nSPS) is 11.2. The highest BCUT2D eigenvalue weighted by Gasteiger charge is 2.18. The molecule has 0 aliphatic rings. The van der Waals surface area contributed by atoms with Gasteiger partial charge in [0.2, 0.25) is 5.91 Å². The number of benzene rings is 3. The van der Waals surface area contributed by atoms with Gasteiger partial charge in [0.25, 0.3) is 10.0 Å². The number of hydrogen-bond acceptors (Lipinski definition) is 4. The van der Waals surface area contributed by atoms with Crippen molar-refractivity contribution in [1.29, 1.82) is 0 Å². The molecule has 8 heteroatoms. The lowest BCUT2D eigenvalue weighted by atomic mass is 10.1. The van der Waals surface area contributed by atoms with Crippen LogP contribution in [0.2, 0.25) is 0 Å². The molecule has 0 fully saturated rings. The van der Waals surface area contributed by atoms with E-state index in [-0.39, 0.29) is 17.2 Å². The van der Waals surface area contributed by atoms with Gasteiger partial charge in [0.1, 0.15) is 4.90 Å². The van der Waals surface area contributed by atoms with Crippen molar-refractivity contribution in [2.45, 2.75) is 18.2 Å². The first-order valence-corrected chi connectivity index (χ1v) is 12.0. The van der Waals surface area contributed by atoms with E-state index < -0.39 is 10.0 Å². The first-order chi connectivity index (χ1) is 16.0. The summed E-state index contributed by atoms with van der Waals surface area (Å²) in [6.07, 6.45) is 3.00. The Labute approximate surface area is 193 Å². The molecule has 0 bridgehead atoms. The summed E-state index contributed by atoms with van der Waals surface area (Å²) in [5, 5.41) is 4.15. The monoisotopic (exact) mass is 460 g/mol. The maximum Gasteiger partial charge on any atom is 0.265 e. The van der Waals surface area contributed by atoms with Crippen LogP contribution in [-0.2, 0) is 21.2 Å². The van der Waals surface area contributed by atoms with E-state index >= 15 is 0 Å². The van der Waals surface area contributed by atoms with Crippen molar-refractivity contribution in [3.63, 3.8) is 0 Å². The molecule has 1 N–H and O–H groups in total. The Morgan fingerprint density at radius 1 is 0.939 bits per heavy atom. The number of sulfonamides is 1. The fraction of sp³-hybridized carbons (Fsp3) is 0.120. The summed E-state index contributed by atoms with van der Waals surface area (Å²) in [6, 6.07) is 25.6. The second-order valence-corrected chi connectivity index (χ2v) is 9.09. The topological polar surface area (TPSA) is 84.3 Å². The summed E-state index contributed by atoms with van der Waals surface area (Å²) < 4.78 is 29.6. The number of aromatic nitrogens is 2. The lowest BCUT2D eigenvalue weighted by Crippen LogP contribution is -2.31. The van der Waals surface area contributed by atoms with Crippen LogP contribution in [-0.4, -0.2) is 30.7 Å². The van der Waals surface area contributed by atoms with Crippen molar-refractivity contribution in [2.75, 3.05) is 16.2 Å². The van der Waals surface area contributed by atoms with Crippen LogP contribution in [0.15, 0.2) is 102 Å². The van der Waals surface area contributed by atoms with Gasteiger partial charge in [0.15, 0.2) is 0 Å². The first kappa shape index (κ1) is 22.3. The van der Waals surface area contributed by atoms with Gasteiger partial charge < -0.3 is 4.90 Å². The number of carbonyl (C=O) groups excluding carboxylic acids is 1. The summed E-state index contributed by atoms with van der Waals surface area (Å²) in [6.45, 7) is 2.50. The van der Waals surface area contributed by atoms with Crippen molar-refractivity contribution in [3.05, 3.63) is 103 Å². The highest BCUT2D eigenvalue weighted by Crippen LogP contribution is 2.19. The third kappa shape index (κ3) is 5.30. The molecule has 1 aromatic heterocycles. The van der Waals surface area contributed by atoms with E-state index in [1.807, 2.05) is 67.6 Å². The molecule has 0 spiro atoms. The van der Waals surface area contributed by atoms with Gasteiger partial charge in [-0.3, -0.25) is 9.52 Å². The van der Waals surface area contributed by atoms with E-state index in [4.69, 9.17) is 0 Å². The second kappa shape index (κ2) is 9.70. The molecule has 3 aromatic carbocycles. The molecule has 1 amide bonds. The van der Waals surface area contributed by atoms with Gasteiger partial charge in [-0.1, -0.05) is 48.5 Å². The number of rotatable bonds is 8. The number of para-hydroxylation sites is 2. The Hall–Kier alpha value is -3.91. The van der Waals surface area contributed by atoms with Crippen molar-refractivity contribution in [3.8, 4) is 5.69 Å². The molecule has 0 unspecified atom stereocenters. The van der Waals surface area contributed by atoms with Crippen LogP contribution >= 0.6 is 0 Å². The summed E-state index contributed by atoms with van der Waals surface area (Å²) in [5.41, 5.74) is 2.83. The summed E-state index contributed by atoms with van der Waals surface area (Å²) in [5.74, 6) is -0.0228. The Kier molecular flexibility index (Phi) is 6.55. The van der Waals surface area contributed by atoms with Gasteiger partial charge in [-0.05, 0) is 48.9 Å². The largest absolute Gasteiger partial charge is 0.312 e. The predicted octanol–water partition coefficient (Wildman–Crippen LogP) is 4.27. The quantitative estimate of drug-likeness (QED) is 0.426. The van der Waals surface area contributed by atoms with Gasteiger partial charge in [0.05, 0.1) is 24.5 Å². The number of carbonyl (C=O) groups is 1. The van der Waals surface area contributed by atoms with Gasteiger partial charge in [-0.2, -0.15) is 5.10 Å². The van der Waals surface area contributed by atoms with E-state index in [1.165, 1.54) is 17.1 Å². The van der Waals surface area contributed by atoms with Gasteiger partial charge in [0, 0.05) is 17.9 Å². The zero-order chi connectivity index (χ0) is 23.3. The number of likely N-dealkylation sites (N-methyl/N-ethyl adjacent to an activating group) is 1. The number of nitrogens with zero attached hydrogens (tertiary/aromatic N) is 3. The van der Waals surface area contributed by atoms with Crippen molar-refractivity contribution in [2.24, 2.45) is 0 Å². The first-order valence-electron chi connectivity index (χ1n) is 10.5. The van der Waals surface area contributed by atoms with Crippen molar-refractivity contribution in [1.82, 2.24) is 9.78 Å². The fourth-order valence-corrected chi connectivity index (χ4v) is 4.44. The van der Waals surface area contributed by atoms with E-state index in [1.54, 1.807) is 29.2 Å². The minimum atomic E-state index is -3.80. The average Bonchev–Trinajstić information content (AvgIpc) is 3.34. The maximum absolute atomic E-state index is 12.8. The fourth-order valence-electron chi connectivity index (χ4n) is 3.45. The molecule has 0 saturated heterocycles. The number of nitrogens with one attached hydrogen (secondary N) is 1. The molecular weight excluding hydrogens is 436 g/mol. The van der Waals surface area contributed by atoms with Gasteiger partial charge >= 0.3 is 0 Å². The highest BCUT2D eigenvalue weighted by molar-refractivity contribution is 7.92. The Morgan fingerprint density at radius 2 is 1.58 bits per heavy atom. The molecule has 0 atom stereocenters. The maximum atomic E-state index is 12.8. The highest BCUT2D eigenvalue weighted by atomic mass is 32.2. The molecule has 7 nitrogen and oxygen atoms in total.